The number of hydrogen-bond donors (Lipinski definition) is 8. The standard InChI is InChI=1S/C83H99N5O8/c1-5-34-85-49-54-39-53-25-35-86-68-23-32-81-31-21-64-69(24-30-80(60-26-36-87-71(45-60)84-4)47-58-44-61(82(94)28-10-11-29-82)18-17-59(27-37-89)79(3,93)50-88-75(66(58)48-80)57(40-53)41-54)95-77(91)73(64)76(81)83-33-22-67(81)72(65-46-62(90)19-20-63(65)55-15-12-16-56(68)43-55)74(83)78(92)96-70(83)42-51(6-2)38-52-13-8-7-9-14-52/h7-9,12-16,19-20,23-24,32,37,39-43,46,51,58-61,66-68,71,75-76,84-88,90,93-94H,5-6,10-11,21-22,25-31,33-36,38,44-45,47-50H2,1-4H3. The van der Waals surface area contributed by atoms with Crippen molar-refractivity contribution in [3.8, 4) is 28.7 Å². The van der Waals surface area contributed by atoms with E-state index in [1.54, 1.807) is 6.07 Å². The van der Waals surface area contributed by atoms with E-state index in [0.29, 0.717) is 87.1 Å². The smallest absolute Gasteiger partial charge is 0.340 e. The number of piperidine rings is 1. The molecule has 6 heterocycles. The zero-order valence-electron chi connectivity index (χ0n) is 56.8. The maximum Gasteiger partial charge on any atom is 0.340 e. The second-order valence-electron chi connectivity index (χ2n) is 31.2. The highest BCUT2D eigenvalue weighted by molar-refractivity contribution is 6.08. The van der Waals surface area contributed by atoms with Crippen LogP contribution in [0.25, 0.3) is 16.7 Å². The Morgan fingerprint density at radius 2 is 1.67 bits per heavy atom. The van der Waals surface area contributed by atoms with Gasteiger partial charge in [0, 0.05) is 60.5 Å². The Hall–Kier alpha value is -6.73. The van der Waals surface area contributed by atoms with Gasteiger partial charge in [0.05, 0.1) is 40.3 Å². The first-order chi connectivity index (χ1) is 46.6. The Bertz CT molecular complexity index is 3920. The average Bonchev–Trinajstić information content (AvgIpc) is 1.33. The fourth-order valence-electron chi connectivity index (χ4n) is 21.0. The van der Waals surface area contributed by atoms with Crippen LogP contribution in [0.15, 0.2) is 144 Å². The maximum absolute atomic E-state index is 16.1. The van der Waals surface area contributed by atoms with Crippen molar-refractivity contribution in [3.63, 3.8) is 0 Å². The first-order valence-electron chi connectivity index (χ1n) is 36.7. The van der Waals surface area contributed by atoms with Gasteiger partial charge in [-0.1, -0.05) is 123 Å². The van der Waals surface area contributed by atoms with Crippen molar-refractivity contribution < 1.29 is 39.2 Å². The first kappa shape index (κ1) is 65.2. The molecule has 4 aromatic carbocycles. The van der Waals surface area contributed by atoms with E-state index in [-0.39, 0.29) is 89.8 Å². The molecule has 17 rings (SSSR count). The number of carbonyl (C=O) groups excluding carboxylic acids is 3. The topological polar surface area (TPSA) is 191 Å². The summed E-state index contributed by atoms with van der Waals surface area (Å²) < 4.78 is 13.9. The van der Waals surface area contributed by atoms with Gasteiger partial charge >= 0.3 is 11.9 Å². The molecule has 0 aromatic heterocycles. The number of cyclic esters (lactones) is 1. The molecule has 6 aliphatic heterocycles. The van der Waals surface area contributed by atoms with E-state index in [1.165, 1.54) is 22.3 Å². The highest BCUT2D eigenvalue weighted by Gasteiger charge is 2.73. The number of β-amino-alcohol motifs (C(OH)–C–C–N with tert-alkyl or cyclic N) is 1. The number of hydrogen-bond acceptors (Lipinski definition) is 13. The van der Waals surface area contributed by atoms with Gasteiger partial charge < -0.3 is 56.2 Å². The lowest BCUT2D eigenvalue weighted by molar-refractivity contribution is -0.135. The normalized spacial score (nSPS) is 34.9. The molecule has 13 aliphatic rings. The number of phenols is 1. The number of allylic oxidation sites excluding steroid dienone is 6. The number of aliphatic hydroxyl groups is 2. The van der Waals surface area contributed by atoms with Crippen LogP contribution in [0.3, 0.4) is 0 Å². The van der Waals surface area contributed by atoms with Gasteiger partial charge in [0.1, 0.15) is 23.6 Å². The van der Waals surface area contributed by atoms with Gasteiger partial charge in [-0.15, -0.1) is 0 Å². The summed E-state index contributed by atoms with van der Waals surface area (Å²) >= 11 is 0. The summed E-state index contributed by atoms with van der Waals surface area (Å²) in [6.45, 7) is 9.50. The molecule has 7 aliphatic carbocycles. The molecule has 2 saturated heterocycles. The van der Waals surface area contributed by atoms with Crippen LogP contribution in [-0.4, -0.2) is 84.1 Å². The van der Waals surface area contributed by atoms with Crippen molar-refractivity contribution in [3.05, 3.63) is 177 Å². The summed E-state index contributed by atoms with van der Waals surface area (Å²) in [5.74, 6) is 6.50. The van der Waals surface area contributed by atoms with Gasteiger partial charge in [-0.2, -0.15) is 0 Å². The fraction of sp³-hybridized carbons (Fsp3) is 0.530. The van der Waals surface area contributed by atoms with Crippen LogP contribution in [0.4, 0.5) is 0 Å². The lowest BCUT2D eigenvalue weighted by atomic mass is 9.38. The van der Waals surface area contributed by atoms with Crippen molar-refractivity contribution in [2.24, 2.45) is 63.6 Å². The van der Waals surface area contributed by atoms with Gasteiger partial charge in [-0.05, 0) is 245 Å². The third-order valence-electron chi connectivity index (χ3n) is 25.7. The number of rotatable bonds is 13. The second kappa shape index (κ2) is 26.2. The van der Waals surface area contributed by atoms with Crippen molar-refractivity contribution in [1.82, 2.24) is 26.6 Å². The van der Waals surface area contributed by atoms with Gasteiger partial charge in [-0.25, -0.2) is 9.59 Å². The number of esters is 2. The monoisotopic (exact) mass is 1290 g/mol. The SMILES string of the molecule is CCCNCc1cc2cc(c1)C1NCC(C)(O)C(CC=O)C#CC(C3(O)CCCC3)CC3CC(C4CCNC(NC)C4)(CC=C4OC(=O)C5=C4CCC46C=CC(NCC2)c2cccc(c2)-c2ccc(O)cc2C2=C7C(=O)OC(=CC(CC)Cc8ccccc8)C7(CCC24)C56)CC31. The quantitative estimate of drug-likeness (QED) is 0.0208. The lowest BCUT2D eigenvalue weighted by Crippen LogP contribution is -2.58. The Morgan fingerprint density at radius 1 is 0.812 bits per heavy atom. The minimum Gasteiger partial charge on any atom is -0.508 e. The van der Waals surface area contributed by atoms with E-state index in [1.807, 2.05) is 32.2 Å². The molecule has 4 aromatic rings. The molecule has 13 nitrogen and oxygen atoms in total. The molecule has 14 bridgehead atoms. The zero-order chi connectivity index (χ0) is 66.1. The van der Waals surface area contributed by atoms with E-state index < -0.39 is 33.9 Å². The summed E-state index contributed by atoms with van der Waals surface area (Å²) in [6, 6.07) is 31.6. The Balaban J connectivity index is 0.965. The largest absolute Gasteiger partial charge is 0.508 e. The lowest BCUT2D eigenvalue weighted by Gasteiger charge is -2.62. The molecule has 504 valence electrons. The van der Waals surface area contributed by atoms with Crippen LogP contribution in [0, 0.1) is 75.4 Å². The van der Waals surface area contributed by atoms with E-state index in [4.69, 9.17) is 9.47 Å². The highest BCUT2D eigenvalue weighted by atomic mass is 16.6. The second-order valence-corrected chi connectivity index (χ2v) is 31.2. The van der Waals surface area contributed by atoms with Crippen LogP contribution >= 0.6 is 0 Å². The fourth-order valence-corrected chi connectivity index (χ4v) is 21.0. The molecule has 3 saturated carbocycles. The third-order valence-corrected chi connectivity index (χ3v) is 25.7. The number of phenolic OH excluding ortho intramolecular Hbond substituents is 1. The van der Waals surface area contributed by atoms with Crippen LogP contribution in [0.5, 0.6) is 5.75 Å². The predicted molar refractivity (Wildman–Crippen MR) is 374 cm³/mol. The molecule has 5 fully saturated rings. The first-order valence-corrected chi connectivity index (χ1v) is 36.7. The average molecular weight is 1290 g/mol. The van der Waals surface area contributed by atoms with Crippen LogP contribution in [-0.2, 0) is 43.2 Å². The van der Waals surface area contributed by atoms with E-state index >= 15 is 9.59 Å². The van der Waals surface area contributed by atoms with Gasteiger partial charge in [0.15, 0.2) is 0 Å². The molecule has 15 unspecified atom stereocenters. The molecule has 8 N–H and O–H groups in total. The Labute approximate surface area is 567 Å². The molecule has 15 atom stereocenters. The third kappa shape index (κ3) is 11.4. The molecular formula is C83H99N5O8. The maximum atomic E-state index is 16.1. The van der Waals surface area contributed by atoms with Gasteiger partial charge in [-0.3, -0.25) is 0 Å². The van der Waals surface area contributed by atoms with E-state index in [9.17, 15) is 20.1 Å². The number of benzene rings is 4. The number of aromatic hydroxyl groups is 1. The predicted octanol–water partition coefficient (Wildman–Crippen LogP) is 12.9. The molecular weight excluding hydrogens is 1190 g/mol. The summed E-state index contributed by atoms with van der Waals surface area (Å²) in [7, 11) is 2.05. The Kier molecular flexibility index (Phi) is 17.8. The van der Waals surface area contributed by atoms with Crippen molar-refractivity contribution in [2.45, 2.75) is 179 Å². The van der Waals surface area contributed by atoms with Crippen molar-refractivity contribution >= 4 is 23.8 Å². The minimum atomic E-state index is -1.38. The van der Waals surface area contributed by atoms with Crippen molar-refractivity contribution in [1.29, 1.82) is 0 Å². The van der Waals surface area contributed by atoms with Crippen LogP contribution in [0.1, 0.15) is 175 Å². The number of aldehydes is 1. The number of carbonyl (C=O) groups is 3. The summed E-state index contributed by atoms with van der Waals surface area (Å²) in [5, 5.41) is 56.9. The summed E-state index contributed by atoms with van der Waals surface area (Å²) in [4.78, 5) is 44.4. The molecule has 2 spiro atoms. The highest BCUT2D eigenvalue weighted by Crippen LogP contribution is 2.77. The van der Waals surface area contributed by atoms with Crippen molar-refractivity contribution in [2.75, 3.05) is 33.2 Å². The number of fused-ring (bicyclic) bond motifs is 9. The molecule has 0 amide bonds. The molecule has 96 heavy (non-hydrogen) atoms. The van der Waals surface area contributed by atoms with Crippen LogP contribution in [0.2, 0.25) is 0 Å². The van der Waals surface area contributed by atoms with Crippen LogP contribution < -0.4 is 26.6 Å². The molecule has 13 heteroatoms. The van der Waals surface area contributed by atoms with Gasteiger partial charge in [0.2, 0.25) is 0 Å². The molecule has 0 radical (unpaired) electrons. The summed E-state index contributed by atoms with van der Waals surface area (Å²) in [5.41, 5.74) is 7.32. The Morgan fingerprint density at radius 3 is 2.48 bits per heavy atom. The summed E-state index contributed by atoms with van der Waals surface area (Å²) in [6.07, 6.45) is 24.5. The number of nitrogens with one attached hydrogen (secondary N) is 5. The van der Waals surface area contributed by atoms with Gasteiger partial charge in [0.25, 0.3) is 0 Å². The number of ether oxygens (including phenoxy) is 2. The minimum absolute atomic E-state index is 0.0194. The van der Waals surface area contributed by atoms with E-state index in [2.05, 4.69) is 143 Å². The van der Waals surface area contributed by atoms with E-state index in [0.717, 1.165) is 117 Å². The zero-order valence-corrected chi connectivity index (χ0v) is 56.8.